The maximum atomic E-state index is 11.5. The molecule has 0 radical (unpaired) electrons. The maximum Gasteiger partial charge on any atom is 0.330 e. The lowest BCUT2D eigenvalue weighted by molar-refractivity contribution is -0.138. The minimum Gasteiger partial charge on any atom is -0.462 e. The molecule has 6 heteroatoms. The fraction of sp³-hybridized carbons (Fsp3) is 0.417. The highest BCUT2D eigenvalue weighted by Gasteiger charge is 2.04. The Morgan fingerprint density at radius 1 is 1.33 bits per heavy atom. The molecule has 2 N–H and O–H groups in total. The number of ether oxygens (including phenoxy) is 1. The molecule has 0 saturated heterocycles. The SMILES string of the molecule is Cc1[nH]c(=O)[nH]c(=O)c1C=CC(=O)OCC(C)C. The molecule has 0 spiro atoms. The Kier molecular flexibility index (Phi) is 4.65. The van der Waals surface area contributed by atoms with Crippen molar-refractivity contribution >= 4 is 12.0 Å². The Labute approximate surface area is 104 Å². The van der Waals surface area contributed by atoms with Gasteiger partial charge >= 0.3 is 11.7 Å². The highest BCUT2D eigenvalue weighted by Crippen LogP contribution is 1.99. The van der Waals surface area contributed by atoms with E-state index in [4.69, 9.17) is 4.74 Å². The number of carbonyl (C=O) groups is 1. The zero-order valence-electron chi connectivity index (χ0n) is 10.6. The van der Waals surface area contributed by atoms with Gasteiger partial charge < -0.3 is 9.72 Å². The van der Waals surface area contributed by atoms with Gasteiger partial charge in [0.25, 0.3) is 5.56 Å². The molecule has 0 amide bonds. The number of H-pyrrole nitrogens is 2. The van der Waals surface area contributed by atoms with Gasteiger partial charge in [0, 0.05) is 11.8 Å². The molecule has 0 bridgehead atoms. The lowest BCUT2D eigenvalue weighted by Crippen LogP contribution is -2.25. The molecule has 0 aliphatic rings. The van der Waals surface area contributed by atoms with Crippen LogP contribution in [0.2, 0.25) is 0 Å². The Bertz CT molecular complexity index is 566. The number of aromatic nitrogens is 2. The van der Waals surface area contributed by atoms with E-state index >= 15 is 0 Å². The fourth-order valence-electron chi connectivity index (χ4n) is 1.26. The summed E-state index contributed by atoms with van der Waals surface area (Å²) in [5.41, 5.74) is -0.478. The topological polar surface area (TPSA) is 92.0 Å². The Morgan fingerprint density at radius 2 is 2.00 bits per heavy atom. The smallest absolute Gasteiger partial charge is 0.330 e. The normalized spacial score (nSPS) is 11.1. The fourth-order valence-corrected chi connectivity index (χ4v) is 1.26. The standard InChI is InChI=1S/C12H16N2O4/c1-7(2)6-18-10(15)5-4-9-8(3)13-12(17)14-11(9)16/h4-5,7H,6H2,1-3H3,(H2,13,14,16,17). The van der Waals surface area contributed by atoms with Crippen LogP contribution in [0.3, 0.4) is 0 Å². The van der Waals surface area contributed by atoms with Crippen LogP contribution in [0.15, 0.2) is 15.7 Å². The van der Waals surface area contributed by atoms with E-state index in [1.54, 1.807) is 6.92 Å². The monoisotopic (exact) mass is 252 g/mol. The summed E-state index contributed by atoms with van der Waals surface area (Å²) < 4.78 is 4.92. The van der Waals surface area contributed by atoms with Crippen LogP contribution in [-0.2, 0) is 9.53 Å². The summed E-state index contributed by atoms with van der Waals surface area (Å²) in [6.45, 7) is 5.75. The summed E-state index contributed by atoms with van der Waals surface area (Å²) in [5, 5.41) is 0. The lowest BCUT2D eigenvalue weighted by atomic mass is 10.2. The van der Waals surface area contributed by atoms with Gasteiger partial charge in [-0.3, -0.25) is 9.78 Å². The second-order valence-electron chi connectivity index (χ2n) is 4.30. The van der Waals surface area contributed by atoms with E-state index in [1.165, 1.54) is 6.08 Å². The molecule has 1 aromatic heterocycles. The first-order valence-corrected chi connectivity index (χ1v) is 5.58. The Hall–Kier alpha value is -2.11. The highest BCUT2D eigenvalue weighted by atomic mass is 16.5. The van der Waals surface area contributed by atoms with Crippen molar-refractivity contribution in [3.8, 4) is 0 Å². The molecule has 0 atom stereocenters. The third-order valence-electron chi connectivity index (χ3n) is 2.12. The number of hydrogen-bond acceptors (Lipinski definition) is 4. The number of aryl methyl sites for hydroxylation is 1. The van der Waals surface area contributed by atoms with Crippen molar-refractivity contribution in [1.82, 2.24) is 9.97 Å². The van der Waals surface area contributed by atoms with E-state index in [-0.39, 0.29) is 11.5 Å². The molecule has 0 aliphatic heterocycles. The molecular weight excluding hydrogens is 236 g/mol. The van der Waals surface area contributed by atoms with E-state index in [0.717, 1.165) is 6.08 Å². The molecule has 18 heavy (non-hydrogen) atoms. The summed E-state index contributed by atoms with van der Waals surface area (Å²) >= 11 is 0. The van der Waals surface area contributed by atoms with Crippen LogP contribution in [0.1, 0.15) is 25.1 Å². The lowest BCUT2D eigenvalue weighted by Gasteiger charge is -2.04. The van der Waals surface area contributed by atoms with Crippen LogP contribution in [-0.4, -0.2) is 22.5 Å². The first-order valence-electron chi connectivity index (χ1n) is 5.58. The summed E-state index contributed by atoms with van der Waals surface area (Å²) in [5.74, 6) is -0.269. The number of hydrogen-bond donors (Lipinski definition) is 2. The number of carbonyl (C=O) groups excluding carboxylic acids is 1. The molecule has 1 rings (SSSR count). The third-order valence-corrected chi connectivity index (χ3v) is 2.12. The van der Waals surface area contributed by atoms with E-state index in [2.05, 4.69) is 9.97 Å². The minimum atomic E-state index is -0.572. The van der Waals surface area contributed by atoms with Gasteiger partial charge in [0.05, 0.1) is 12.2 Å². The Balaban J connectivity index is 2.82. The molecule has 0 fully saturated rings. The van der Waals surface area contributed by atoms with Crippen molar-refractivity contribution in [2.45, 2.75) is 20.8 Å². The van der Waals surface area contributed by atoms with Crippen molar-refractivity contribution in [1.29, 1.82) is 0 Å². The van der Waals surface area contributed by atoms with Crippen molar-refractivity contribution < 1.29 is 9.53 Å². The minimum absolute atomic E-state index is 0.232. The van der Waals surface area contributed by atoms with Gasteiger partial charge in [-0.15, -0.1) is 0 Å². The van der Waals surface area contributed by atoms with Gasteiger partial charge in [0.1, 0.15) is 0 Å². The predicted octanol–water partition coefficient (Wildman–Crippen LogP) is 0.584. The second-order valence-corrected chi connectivity index (χ2v) is 4.30. The predicted molar refractivity (Wildman–Crippen MR) is 67.3 cm³/mol. The van der Waals surface area contributed by atoms with Gasteiger partial charge in [-0.2, -0.15) is 0 Å². The van der Waals surface area contributed by atoms with Gasteiger partial charge in [-0.25, -0.2) is 9.59 Å². The van der Waals surface area contributed by atoms with Crippen LogP contribution in [0.5, 0.6) is 0 Å². The van der Waals surface area contributed by atoms with Crippen molar-refractivity contribution in [3.05, 3.63) is 38.2 Å². The van der Waals surface area contributed by atoms with E-state index in [9.17, 15) is 14.4 Å². The van der Waals surface area contributed by atoms with Crippen molar-refractivity contribution in [2.24, 2.45) is 5.92 Å². The third kappa shape index (κ3) is 4.04. The molecule has 0 unspecified atom stereocenters. The number of nitrogens with one attached hydrogen (secondary N) is 2. The number of rotatable bonds is 4. The first-order chi connectivity index (χ1) is 8.40. The van der Waals surface area contributed by atoms with Crippen LogP contribution in [0.25, 0.3) is 6.08 Å². The molecule has 98 valence electrons. The zero-order valence-corrected chi connectivity index (χ0v) is 10.6. The maximum absolute atomic E-state index is 11.5. The van der Waals surface area contributed by atoms with Crippen molar-refractivity contribution in [2.75, 3.05) is 6.61 Å². The summed E-state index contributed by atoms with van der Waals surface area (Å²) in [6.07, 6.45) is 2.49. The highest BCUT2D eigenvalue weighted by molar-refractivity contribution is 5.87. The molecule has 6 nitrogen and oxygen atoms in total. The number of aromatic amines is 2. The summed E-state index contributed by atoms with van der Waals surface area (Å²) in [7, 11) is 0. The van der Waals surface area contributed by atoms with Gasteiger partial charge in [0.2, 0.25) is 0 Å². The molecular formula is C12H16N2O4. The average Bonchev–Trinajstić information content (AvgIpc) is 2.24. The van der Waals surface area contributed by atoms with Gasteiger partial charge in [0.15, 0.2) is 0 Å². The van der Waals surface area contributed by atoms with Crippen LogP contribution < -0.4 is 11.2 Å². The van der Waals surface area contributed by atoms with Gasteiger partial charge in [-0.05, 0) is 18.9 Å². The summed E-state index contributed by atoms with van der Waals surface area (Å²) in [6, 6.07) is 0. The Morgan fingerprint density at radius 3 is 2.56 bits per heavy atom. The van der Waals surface area contributed by atoms with E-state index in [0.29, 0.717) is 12.3 Å². The molecule has 0 aliphatic carbocycles. The van der Waals surface area contributed by atoms with E-state index < -0.39 is 17.2 Å². The van der Waals surface area contributed by atoms with Crippen LogP contribution in [0, 0.1) is 12.8 Å². The van der Waals surface area contributed by atoms with Gasteiger partial charge in [-0.1, -0.05) is 13.8 Å². The van der Waals surface area contributed by atoms with E-state index in [1.807, 2.05) is 13.8 Å². The molecule has 1 heterocycles. The van der Waals surface area contributed by atoms with Crippen LogP contribution in [0.4, 0.5) is 0 Å². The second kappa shape index (κ2) is 6.00. The molecule has 1 aromatic rings. The molecule has 0 saturated carbocycles. The van der Waals surface area contributed by atoms with Crippen molar-refractivity contribution in [3.63, 3.8) is 0 Å². The quantitative estimate of drug-likeness (QED) is 0.605. The average molecular weight is 252 g/mol. The van der Waals surface area contributed by atoms with Crippen LogP contribution >= 0.6 is 0 Å². The number of esters is 1. The first kappa shape index (κ1) is 14.0. The largest absolute Gasteiger partial charge is 0.462 e. The summed E-state index contributed by atoms with van der Waals surface area (Å²) in [4.78, 5) is 38.3. The molecule has 0 aromatic carbocycles. The zero-order chi connectivity index (χ0) is 13.7.